The first-order valence-corrected chi connectivity index (χ1v) is 8.06. The number of pyridine rings is 1. The van der Waals surface area contributed by atoms with Crippen molar-refractivity contribution >= 4 is 28.2 Å². The summed E-state index contributed by atoms with van der Waals surface area (Å²) in [6.07, 6.45) is 4.69. The molecule has 5 nitrogen and oxygen atoms in total. The smallest absolute Gasteiger partial charge is 0.157 e. The number of fused-ring (bicyclic) bond motifs is 3. The Morgan fingerprint density at radius 2 is 2.09 bits per heavy atom. The molecule has 0 amide bonds. The molecule has 5 heteroatoms. The Morgan fingerprint density at radius 1 is 1.26 bits per heavy atom. The van der Waals surface area contributed by atoms with Gasteiger partial charge in [-0.3, -0.25) is 4.98 Å². The highest BCUT2D eigenvalue weighted by molar-refractivity contribution is 6.02. The van der Waals surface area contributed by atoms with Crippen molar-refractivity contribution in [2.24, 2.45) is 11.0 Å². The van der Waals surface area contributed by atoms with Crippen molar-refractivity contribution in [1.82, 2.24) is 14.6 Å². The molecule has 2 heterocycles. The maximum atomic E-state index is 5.55. The average Bonchev–Trinajstić information content (AvgIpc) is 2.91. The van der Waals surface area contributed by atoms with E-state index in [2.05, 4.69) is 35.0 Å². The summed E-state index contributed by atoms with van der Waals surface area (Å²) < 4.78 is 7.45. The maximum Gasteiger partial charge on any atom is 0.157 e. The first kappa shape index (κ1) is 15.6. The molecule has 0 radical (unpaired) electrons. The molecule has 3 rings (SSSR count). The molecule has 2 aromatic heterocycles. The van der Waals surface area contributed by atoms with Crippen molar-refractivity contribution < 1.29 is 4.74 Å². The summed E-state index contributed by atoms with van der Waals surface area (Å²) in [5, 5.41) is 5.72. The molecule has 0 unspecified atom stereocenters. The van der Waals surface area contributed by atoms with E-state index in [9.17, 15) is 0 Å². The molecule has 0 N–H and O–H groups in total. The van der Waals surface area contributed by atoms with Gasteiger partial charge in [-0.15, -0.1) is 0 Å². The van der Waals surface area contributed by atoms with Gasteiger partial charge in [0.15, 0.2) is 5.82 Å². The topological polar surface area (TPSA) is 52.3 Å². The minimum atomic E-state index is 0.443. The quantitative estimate of drug-likeness (QED) is 0.647. The average molecular weight is 310 g/mol. The van der Waals surface area contributed by atoms with E-state index in [1.807, 2.05) is 42.2 Å². The lowest BCUT2D eigenvalue weighted by Gasteiger charge is -2.05. The van der Waals surface area contributed by atoms with Crippen LogP contribution in [-0.2, 0) is 11.3 Å². The fourth-order valence-electron chi connectivity index (χ4n) is 2.49. The van der Waals surface area contributed by atoms with Crippen LogP contribution < -0.4 is 0 Å². The number of rotatable bonds is 6. The largest absolute Gasteiger partial charge is 0.374 e. The maximum absolute atomic E-state index is 5.55. The zero-order valence-electron chi connectivity index (χ0n) is 13.9. The summed E-state index contributed by atoms with van der Waals surface area (Å²) in [6.45, 7) is 7.43. The van der Waals surface area contributed by atoms with Crippen LogP contribution in [0, 0.1) is 5.92 Å². The van der Waals surface area contributed by atoms with Gasteiger partial charge in [-0.25, -0.2) is 9.66 Å². The Kier molecular flexibility index (Phi) is 4.67. The Morgan fingerprint density at radius 3 is 2.87 bits per heavy atom. The number of para-hydroxylation sites is 1. The van der Waals surface area contributed by atoms with Gasteiger partial charge in [-0.2, -0.15) is 5.10 Å². The van der Waals surface area contributed by atoms with Crippen LogP contribution in [0.1, 0.15) is 33.0 Å². The molecule has 1 aromatic carbocycles. The van der Waals surface area contributed by atoms with Crippen molar-refractivity contribution in [3.63, 3.8) is 0 Å². The third kappa shape index (κ3) is 3.24. The van der Waals surface area contributed by atoms with E-state index in [0.717, 1.165) is 34.2 Å². The van der Waals surface area contributed by atoms with Gasteiger partial charge in [0.25, 0.3) is 0 Å². The molecular weight excluding hydrogens is 288 g/mol. The van der Waals surface area contributed by atoms with Gasteiger partial charge < -0.3 is 4.74 Å². The zero-order valence-corrected chi connectivity index (χ0v) is 13.9. The highest BCUT2D eigenvalue weighted by Gasteiger charge is 2.13. The molecule has 0 saturated heterocycles. The molecule has 0 fully saturated rings. The van der Waals surface area contributed by atoms with E-state index in [1.165, 1.54) is 0 Å². The van der Waals surface area contributed by atoms with Crippen LogP contribution in [0.2, 0.25) is 0 Å². The molecule has 0 aliphatic rings. The van der Waals surface area contributed by atoms with E-state index in [1.54, 1.807) is 0 Å². The molecule has 0 aliphatic heterocycles. The van der Waals surface area contributed by atoms with Crippen LogP contribution in [-0.4, -0.2) is 27.5 Å². The Hall–Kier alpha value is -2.27. The molecule has 0 atom stereocenters. The lowest BCUT2D eigenvalue weighted by molar-refractivity contribution is 0.126. The van der Waals surface area contributed by atoms with Crippen molar-refractivity contribution in [2.75, 3.05) is 6.61 Å². The van der Waals surface area contributed by atoms with Gasteiger partial charge in [-0.05, 0) is 25.3 Å². The number of aromatic nitrogens is 3. The van der Waals surface area contributed by atoms with Gasteiger partial charge in [0.05, 0.1) is 11.7 Å². The summed E-state index contributed by atoms with van der Waals surface area (Å²) >= 11 is 0. The second-order valence-electron chi connectivity index (χ2n) is 5.91. The highest BCUT2D eigenvalue weighted by atomic mass is 16.5. The molecule has 120 valence electrons. The minimum absolute atomic E-state index is 0.443. The third-order valence-electron chi connectivity index (χ3n) is 3.64. The normalized spacial score (nSPS) is 12.2. The monoisotopic (exact) mass is 310 g/mol. The predicted octanol–water partition coefficient (Wildman–Crippen LogP) is 4.00. The predicted molar refractivity (Wildman–Crippen MR) is 93.7 cm³/mol. The van der Waals surface area contributed by atoms with Crippen molar-refractivity contribution in [3.05, 3.63) is 36.3 Å². The first-order chi connectivity index (χ1) is 11.2. The molecule has 0 aliphatic carbocycles. The van der Waals surface area contributed by atoms with Gasteiger partial charge in [0.2, 0.25) is 0 Å². The number of nitrogens with zero attached hydrogens (tertiary/aromatic N) is 4. The van der Waals surface area contributed by atoms with Gasteiger partial charge in [0, 0.05) is 18.2 Å². The third-order valence-corrected chi connectivity index (χ3v) is 3.64. The molecule has 0 bridgehead atoms. The van der Waals surface area contributed by atoms with Gasteiger partial charge in [-0.1, -0.05) is 32.0 Å². The number of hydrogen-bond donors (Lipinski definition) is 0. The van der Waals surface area contributed by atoms with Gasteiger partial charge >= 0.3 is 0 Å². The zero-order chi connectivity index (χ0) is 16.2. The standard InChI is InChI=1S/C18H22N4O/c1-4-23-12-17-21-16-11-19-15-8-6-5-7-14(15)18(16)22(17)20-10-9-13(2)3/h5-8,10-11,13H,4,9,12H2,1-3H3. The fraction of sp³-hybridized carbons (Fsp3) is 0.389. The summed E-state index contributed by atoms with van der Waals surface area (Å²) in [5.41, 5.74) is 2.79. The molecule has 3 aromatic rings. The van der Waals surface area contributed by atoms with Crippen molar-refractivity contribution in [2.45, 2.75) is 33.8 Å². The second-order valence-corrected chi connectivity index (χ2v) is 5.91. The minimum Gasteiger partial charge on any atom is -0.374 e. The number of ether oxygens (including phenoxy) is 1. The van der Waals surface area contributed by atoms with E-state index in [-0.39, 0.29) is 0 Å². The Balaban J connectivity index is 2.17. The molecule has 23 heavy (non-hydrogen) atoms. The van der Waals surface area contributed by atoms with Crippen LogP contribution in [0.3, 0.4) is 0 Å². The van der Waals surface area contributed by atoms with Crippen LogP contribution >= 0.6 is 0 Å². The fourth-order valence-corrected chi connectivity index (χ4v) is 2.49. The van der Waals surface area contributed by atoms with Crippen LogP contribution in [0.25, 0.3) is 21.9 Å². The SMILES string of the molecule is CCOCc1nc2cnc3ccccc3c2n1N=CCC(C)C. The Bertz CT molecular complexity index is 836. The summed E-state index contributed by atoms with van der Waals surface area (Å²) in [7, 11) is 0. The van der Waals surface area contributed by atoms with Crippen LogP contribution in [0.15, 0.2) is 35.6 Å². The van der Waals surface area contributed by atoms with E-state index < -0.39 is 0 Å². The van der Waals surface area contributed by atoms with E-state index in [4.69, 9.17) is 4.74 Å². The van der Waals surface area contributed by atoms with Gasteiger partial charge in [0.1, 0.15) is 17.6 Å². The summed E-state index contributed by atoms with van der Waals surface area (Å²) in [4.78, 5) is 9.14. The molecular formula is C18H22N4O. The lowest BCUT2D eigenvalue weighted by atomic mass is 10.2. The first-order valence-electron chi connectivity index (χ1n) is 8.06. The lowest BCUT2D eigenvalue weighted by Crippen LogP contribution is -2.02. The molecule has 0 saturated carbocycles. The Labute approximate surface area is 136 Å². The number of imidazole rings is 1. The van der Waals surface area contributed by atoms with Crippen LogP contribution in [0.5, 0.6) is 0 Å². The van der Waals surface area contributed by atoms with Crippen LogP contribution in [0.4, 0.5) is 0 Å². The number of hydrogen-bond acceptors (Lipinski definition) is 4. The van der Waals surface area contributed by atoms with Crippen molar-refractivity contribution in [3.8, 4) is 0 Å². The summed E-state index contributed by atoms with van der Waals surface area (Å²) in [6, 6.07) is 8.07. The van der Waals surface area contributed by atoms with Crippen molar-refractivity contribution in [1.29, 1.82) is 0 Å². The van der Waals surface area contributed by atoms with E-state index >= 15 is 0 Å². The number of benzene rings is 1. The molecule has 0 spiro atoms. The van der Waals surface area contributed by atoms with E-state index in [0.29, 0.717) is 19.1 Å². The highest BCUT2D eigenvalue weighted by Crippen LogP contribution is 2.25. The summed E-state index contributed by atoms with van der Waals surface area (Å²) in [5.74, 6) is 1.38. The second kappa shape index (κ2) is 6.87.